The van der Waals surface area contributed by atoms with Gasteiger partial charge in [-0.2, -0.15) is 0 Å². The van der Waals surface area contributed by atoms with Crippen molar-refractivity contribution in [3.63, 3.8) is 0 Å². The molecule has 0 fully saturated rings. The van der Waals surface area contributed by atoms with Crippen molar-refractivity contribution in [1.82, 2.24) is 0 Å². The summed E-state index contributed by atoms with van der Waals surface area (Å²) in [5.74, 6) is 2.52. The van der Waals surface area contributed by atoms with Crippen LogP contribution in [0, 0.1) is 11.8 Å². The molecule has 7 rings (SSSR count). The van der Waals surface area contributed by atoms with Crippen molar-refractivity contribution in [1.29, 1.82) is 0 Å². The average molecular weight is 535 g/mol. The number of allylic oxidation sites excluding steroid dienone is 3. The summed E-state index contributed by atoms with van der Waals surface area (Å²) in [5.41, 5.74) is 12.4. The number of benzene rings is 6. The normalized spacial score (nSPS) is 12.8. The van der Waals surface area contributed by atoms with Gasteiger partial charge in [0.15, 0.2) is 0 Å². The van der Waals surface area contributed by atoms with Crippen molar-refractivity contribution in [3.05, 3.63) is 233 Å². The van der Waals surface area contributed by atoms with Gasteiger partial charge in [-0.25, -0.2) is 0 Å². The van der Waals surface area contributed by atoms with Crippen LogP contribution in [-0.2, 0) is 0 Å². The van der Waals surface area contributed by atoms with Gasteiger partial charge < -0.3 is 0 Å². The van der Waals surface area contributed by atoms with Crippen LogP contribution in [0.25, 0.3) is 16.7 Å². The lowest BCUT2D eigenvalue weighted by Gasteiger charge is -2.38. The van der Waals surface area contributed by atoms with Crippen LogP contribution in [-0.4, -0.2) is 0 Å². The van der Waals surface area contributed by atoms with Crippen LogP contribution in [0.15, 0.2) is 188 Å². The van der Waals surface area contributed by atoms with Crippen LogP contribution in [0.1, 0.15) is 33.4 Å². The molecule has 0 spiro atoms. The Morgan fingerprint density at radius 3 is 1.07 bits per heavy atom. The summed E-state index contributed by atoms with van der Waals surface area (Å²) < 4.78 is 0. The standard InChI is InChI=1S/C42H30/c1-7-19-31(20-8-1)37(32-21-9-2-10-22-32)41-39(35-27-15-5-16-28-35)40(36-29-17-6-18-30-36)42(41)38(33-23-11-3-12-24-33)34-25-13-4-14-26-34/h1-30H/q+1. The molecule has 6 aromatic carbocycles. The fraction of sp³-hybridized carbons (Fsp3) is 0. The van der Waals surface area contributed by atoms with E-state index < -0.39 is 0 Å². The van der Waals surface area contributed by atoms with Crippen LogP contribution in [0.4, 0.5) is 0 Å². The predicted molar refractivity (Wildman–Crippen MR) is 176 cm³/mol. The molecule has 1 aliphatic rings. The van der Waals surface area contributed by atoms with E-state index in [1.165, 1.54) is 67.5 Å². The third-order valence-corrected chi connectivity index (χ3v) is 7.87. The highest BCUT2D eigenvalue weighted by atomic mass is 14.5. The predicted octanol–water partition coefficient (Wildman–Crippen LogP) is 10.4. The largest absolute Gasteiger partial charge is 0.0998 e. The molecule has 197 valence electrons. The summed E-state index contributed by atoms with van der Waals surface area (Å²) in [6, 6.07) is 65.1. The zero-order chi connectivity index (χ0) is 28.1. The molecule has 0 atom stereocenters. The van der Waals surface area contributed by atoms with Crippen molar-refractivity contribution in [2.24, 2.45) is 0 Å². The summed E-state index contributed by atoms with van der Waals surface area (Å²) in [7, 11) is 0. The van der Waals surface area contributed by atoms with E-state index in [4.69, 9.17) is 0 Å². The zero-order valence-corrected chi connectivity index (χ0v) is 23.3. The highest BCUT2D eigenvalue weighted by Crippen LogP contribution is 2.62. The van der Waals surface area contributed by atoms with E-state index in [1.54, 1.807) is 0 Å². The highest BCUT2D eigenvalue weighted by molar-refractivity contribution is 6.23. The first kappa shape index (κ1) is 25.6. The van der Waals surface area contributed by atoms with Gasteiger partial charge in [0, 0.05) is 22.3 Å². The van der Waals surface area contributed by atoms with E-state index >= 15 is 0 Å². The second-order valence-corrected chi connectivity index (χ2v) is 10.4. The van der Waals surface area contributed by atoms with E-state index in [0.29, 0.717) is 0 Å². The van der Waals surface area contributed by atoms with Crippen LogP contribution in [0.2, 0.25) is 0 Å². The Morgan fingerprint density at radius 2 is 0.667 bits per heavy atom. The van der Waals surface area contributed by atoms with Crippen molar-refractivity contribution < 1.29 is 0 Å². The molecule has 1 aliphatic carbocycles. The maximum atomic E-state index is 2.24. The molecule has 0 nitrogen and oxygen atoms in total. The minimum Gasteiger partial charge on any atom is -0.0622 e. The monoisotopic (exact) mass is 534 g/mol. The molecule has 0 aromatic heterocycles. The first-order chi connectivity index (χ1) is 20.9. The summed E-state index contributed by atoms with van der Waals surface area (Å²) in [6.45, 7) is 0. The van der Waals surface area contributed by atoms with Crippen LogP contribution >= 0.6 is 0 Å². The van der Waals surface area contributed by atoms with E-state index in [1.807, 2.05) is 0 Å². The van der Waals surface area contributed by atoms with Gasteiger partial charge in [-0.3, -0.25) is 0 Å². The molecule has 0 amide bonds. The maximum Gasteiger partial charge on any atom is 0.0998 e. The number of hydrogen-bond donors (Lipinski definition) is 0. The SMILES string of the molecule is c1ccc([C](c2ccccc2)[C+]2C(=C(c3ccccc3)c3ccccc3)C(c3ccccc3)=C2c2ccccc2)cc1. The Bertz CT molecular complexity index is 1740. The number of hydrogen-bond acceptors (Lipinski definition) is 0. The van der Waals surface area contributed by atoms with Crippen molar-refractivity contribution >= 4 is 16.7 Å². The van der Waals surface area contributed by atoms with Gasteiger partial charge in [0.2, 0.25) is 0 Å². The fourth-order valence-electron chi connectivity index (χ4n) is 6.05. The molecular weight excluding hydrogens is 504 g/mol. The van der Waals surface area contributed by atoms with Crippen LogP contribution < -0.4 is 0 Å². The Kier molecular flexibility index (Phi) is 7.11. The van der Waals surface area contributed by atoms with E-state index in [2.05, 4.69) is 182 Å². The quantitative estimate of drug-likeness (QED) is 0.179. The molecule has 0 heteroatoms. The van der Waals surface area contributed by atoms with Crippen LogP contribution in [0.5, 0.6) is 0 Å². The lowest BCUT2D eigenvalue weighted by Crippen LogP contribution is -2.28. The topological polar surface area (TPSA) is 0 Å². The summed E-state index contributed by atoms with van der Waals surface area (Å²) in [5, 5.41) is 0. The summed E-state index contributed by atoms with van der Waals surface area (Å²) in [4.78, 5) is 0. The van der Waals surface area contributed by atoms with E-state index in [-0.39, 0.29) is 0 Å². The van der Waals surface area contributed by atoms with E-state index in [9.17, 15) is 0 Å². The minimum absolute atomic E-state index is 1.21. The Balaban J connectivity index is 1.62. The molecule has 0 bridgehead atoms. The van der Waals surface area contributed by atoms with Gasteiger partial charge in [0.1, 0.15) is 0 Å². The molecule has 0 saturated heterocycles. The molecular formula is C42H30+. The zero-order valence-electron chi connectivity index (χ0n) is 23.3. The second-order valence-electron chi connectivity index (χ2n) is 10.4. The van der Waals surface area contributed by atoms with Gasteiger partial charge in [-0.15, -0.1) is 0 Å². The Labute approximate surface area is 249 Å². The molecule has 1 radical (unpaired) electrons. The second kappa shape index (κ2) is 11.6. The molecule has 0 heterocycles. The maximum absolute atomic E-state index is 2.24. The average Bonchev–Trinajstić information content (AvgIpc) is 3.07. The molecule has 0 unspecified atom stereocenters. The lowest BCUT2D eigenvalue weighted by atomic mass is 9.58. The highest BCUT2D eigenvalue weighted by Gasteiger charge is 2.51. The Morgan fingerprint density at radius 1 is 0.333 bits per heavy atom. The smallest absolute Gasteiger partial charge is 0.0622 e. The third-order valence-electron chi connectivity index (χ3n) is 7.87. The third kappa shape index (κ3) is 4.78. The molecule has 6 aromatic rings. The van der Waals surface area contributed by atoms with Gasteiger partial charge in [-0.05, 0) is 59.7 Å². The van der Waals surface area contributed by atoms with Gasteiger partial charge in [-0.1, -0.05) is 133 Å². The molecule has 0 N–H and O–H groups in total. The summed E-state index contributed by atoms with van der Waals surface area (Å²) in [6.07, 6.45) is 0. The lowest BCUT2D eigenvalue weighted by molar-refractivity contribution is 1.10. The first-order valence-corrected chi connectivity index (χ1v) is 14.5. The summed E-state index contributed by atoms with van der Waals surface area (Å²) >= 11 is 0. The first-order valence-electron chi connectivity index (χ1n) is 14.5. The number of rotatable bonds is 7. The Hall–Kier alpha value is -5.33. The van der Waals surface area contributed by atoms with Gasteiger partial charge in [0.25, 0.3) is 0 Å². The van der Waals surface area contributed by atoms with Crippen molar-refractivity contribution in [3.8, 4) is 0 Å². The van der Waals surface area contributed by atoms with Gasteiger partial charge >= 0.3 is 0 Å². The fourth-order valence-corrected chi connectivity index (χ4v) is 6.05. The van der Waals surface area contributed by atoms with E-state index in [0.717, 1.165) is 0 Å². The van der Waals surface area contributed by atoms with Crippen LogP contribution in [0.3, 0.4) is 0 Å². The van der Waals surface area contributed by atoms with Crippen molar-refractivity contribution in [2.75, 3.05) is 0 Å². The van der Waals surface area contributed by atoms with Gasteiger partial charge in [0.05, 0.1) is 34.1 Å². The molecule has 42 heavy (non-hydrogen) atoms. The molecule has 0 saturated carbocycles. The van der Waals surface area contributed by atoms with Crippen molar-refractivity contribution in [2.45, 2.75) is 0 Å². The molecule has 0 aliphatic heterocycles. The minimum atomic E-state index is 1.21.